The normalized spacial score (nSPS) is 29.1. The van der Waals surface area contributed by atoms with Crippen LogP contribution in [0.15, 0.2) is 29.2 Å². The van der Waals surface area contributed by atoms with Crippen LogP contribution in [0.1, 0.15) is 207 Å². The van der Waals surface area contributed by atoms with E-state index in [1.165, 1.54) is 95.0 Å². The number of unbranched alkanes of at least 4 members (excludes halogenated alkanes) is 15. The molecule has 0 saturated carbocycles. The molecule has 23 heteroatoms. The summed E-state index contributed by atoms with van der Waals surface area (Å²) in [6.45, 7) is 3.86. The van der Waals surface area contributed by atoms with Gasteiger partial charge in [-0.05, 0) is 37.7 Å². The van der Waals surface area contributed by atoms with E-state index in [0.29, 0.717) is 44.9 Å². The maximum absolute atomic E-state index is 14.3. The Morgan fingerprint density at radius 2 is 1.41 bits per heavy atom. The summed E-state index contributed by atoms with van der Waals surface area (Å²) in [7, 11) is -11.3. The van der Waals surface area contributed by atoms with E-state index in [0.717, 1.165) is 49.0 Å². The quantitative estimate of drug-likeness (QED) is 0.0197. The van der Waals surface area contributed by atoms with Crippen LogP contribution in [0.3, 0.4) is 0 Å². The number of Topliss-reactive ketones (excluding diaryl/α,β-unsaturated/α-hetero) is 1. The average Bonchev–Trinajstić information content (AvgIpc) is 3.36. The Balaban J connectivity index is 1.71. The number of anilines is 1. The zero-order valence-corrected chi connectivity index (χ0v) is 47.2. The fourth-order valence-electron chi connectivity index (χ4n) is 9.42. The largest absolute Gasteiger partial charge is 0.481 e. The molecule has 2 bridgehead atoms. The number of aromatic nitrogens is 2. The molecule has 3 heterocycles. The molecule has 2 saturated heterocycles. The van der Waals surface area contributed by atoms with Crippen molar-refractivity contribution in [2.45, 2.75) is 243 Å². The first kappa shape index (κ1) is 67.4. The van der Waals surface area contributed by atoms with Crippen LogP contribution in [-0.2, 0) is 51.1 Å². The minimum atomic E-state index is -5.71. The number of rotatable bonds is 26. The highest BCUT2D eigenvalue weighted by atomic mass is 31.3. The molecule has 3 rings (SSSR count). The van der Waals surface area contributed by atoms with Gasteiger partial charge in [0.05, 0.1) is 37.4 Å². The number of ketones is 1. The summed E-state index contributed by atoms with van der Waals surface area (Å²) in [5, 5.41) is 45.6. The van der Waals surface area contributed by atoms with Crippen LogP contribution < -0.4 is 11.4 Å². The molecule has 1 aromatic heterocycles. The number of phosphoric acid groups is 2. The Labute approximate surface area is 450 Å². The molecule has 2 aliphatic rings. The molecule has 0 radical (unpaired) electrons. The molecule has 1 aromatic rings. The monoisotopic (exact) mass is 1120 g/mol. The van der Waals surface area contributed by atoms with Crippen molar-refractivity contribution in [3.05, 3.63) is 34.9 Å². The van der Waals surface area contributed by atoms with Crippen molar-refractivity contribution in [3.8, 4) is 0 Å². The third kappa shape index (κ3) is 27.3. The van der Waals surface area contributed by atoms with E-state index in [1.54, 1.807) is 0 Å². The van der Waals surface area contributed by atoms with Crippen molar-refractivity contribution in [1.29, 1.82) is 0 Å². The van der Waals surface area contributed by atoms with Gasteiger partial charge in [-0.3, -0.25) is 28.0 Å². The number of nitrogens with zero attached hydrogens (tertiary/aromatic N) is 2. The molecule has 12 atom stereocenters. The van der Waals surface area contributed by atoms with Gasteiger partial charge < -0.3 is 50.2 Å². The van der Waals surface area contributed by atoms with E-state index >= 15 is 0 Å². The number of esters is 2. The molecule has 2 aliphatic heterocycles. The number of cyclic esters (lactones) is 1. The highest BCUT2D eigenvalue weighted by Gasteiger charge is 2.45. The number of fused-ring (bicyclic) bond motifs is 3. The van der Waals surface area contributed by atoms with Crippen LogP contribution in [-0.4, -0.2) is 114 Å². The lowest BCUT2D eigenvalue weighted by molar-refractivity contribution is -0.184. The number of nitrogen functional groups attached to an aromatic ring is 1. The molecule has 0 aliphatic carbocycles. The molecule has 0 aromatic carbocycles. The lowest BCUT2D eigenvalue weighted by Gasteiger charge is -2.38. The van der Waals surface area contributed by atoms with Gasteiger partial charge in [0, 0.05) is 31.4 Å². The van der Waals surface area contributed by atoms with E-state index in [4.69, 9.17) is 29.0 Å². The van der Waals surface area contributed by atoms with Crippen molar-refractivity contribution in [2.75, 3.05) is 25.6 Å². The standard InChI is InChI=1S/C53H93N3O18P2/c1-4-6-21-27-40(57)31-32-42-44(58)35-45(59)43-28-23-19-20-24-29-48(60)69-36-41(72-49(61)30-25-18-16-14-12-10-8-7-9-11-13-15-17-22-26-39(3)5-2)37-70-75(65,66)74-76(67,68)71-38-46(51(63)50(42)62)73-52(43)56-34-33-47(54)55-53(56)64/h31-34,39-44,46,50-52,57-58,62-63H,4-30,35-38H2,1-3H3,(H,65,66)(H,67,68)(H2,54,55,64)/b32-31+/t39?,40-,41+,42-,43-,44+,46+,50-,51+,52+/m0/s1. The Kier molecular flexibility index (Phi) is 32.9. The molecule has 76 heavy (non-hydrogen) atoms. The van der Waals surface area contributed by atoms with E-state index in [2.05, 4.69) is 23.1 Å². The Bertz CT molecular complexity index is 2010. The fourth-order valence-corrected chi connectivity index (χ4v) is 11.5. The summed E-state index contributed by atoms with van der Waals surface area (Å²) >= 11 is 0. The molecular weight excluding hydrogens is 1030 g/mol. The summed E-state index contributed by atoms with van der Waals surface area (Å²) < 4.78 is 59.2. The number of aliphatic hydroxyl groups is 4. The van der Waals surface area contributed by atoms with E-state index < -0.39 is 120 Å². The summed E-state index contributed by atoms with van der Waals surface area (Å²) in [4.78, 5) is 78.7. The van der Waals surface area contributed by atoms with E-state index in [1.807, 2.05) is 6.92 Å². The lowest BCUT2D eigenvalue weighted by Crippen LogP contribution is -2.51. The zero-order chi connectivity index (χ0) is 55.9. The van der Waals surface area contributed by atoms with Crippen LogP contribution in [0, 0.1) is 17.8 Å². The maximum Gasteiger partial charge on any atom is 0.481 e. The van der Waals surface area contributed by atoms with E-state index in [-0.39, 0.29) is 25.1 Å². The molecule has 438 valence electrons. The topological polar surface area (TPSA) is 323 Å². The number of nitrogens with two attached hydrogens (primary N) is 1. The highest BCUT2D eigenvalue weighted by molar-refractivity contribution is 7.61. The number of carbonyl (C=O) groups excluding carboxylic acids is 3. The van der Waals surface area contributed by atoms with Crippen LogP contribution in [0.4, 0.5) is 5.82 Å². The number of hydrogen-bond acceptors (Lipinski definition) is 18. The minimum absolute atomic E-state index is 0.000836. The van der Waals surface area contributed by atoms with Crippen LogP contribution in [0.25, 0.3) is 0 Å². The van der Waals surface area contributed by atoms with Crippen LogP contribution >= 0.6 is 15.6 Å². The third-order valence-electron chi connectivity index (χ3n) is 14.3. The fraction of sp³-hybridized carbons (Fsp3) is 0.830. The number of hydrogen-bond donors (Lipinski definition) is 7. The second-order valence-electron chi connectivity index (χ2n) is 20.8. The van der Waals surface area contributed by atoms with Crippen LogP contribution in [0.2, 0.25) is 0 Å². The van der Waals surface area contributed by atoms with Gasteiger partial charge in [0.2, 0.25) is 0 Å². The van der Waals surface area contributed by atoms with Gasteiger partial charge in [-0.1, -0.05) is 168 Å². The highest BCUT2D eigenvalue weighted by Crippen LogP contribution is 2.60. The third-order valence-corrected chi connectivity index (χ3v) is 16.9. The second kappa shape index (κ2) is 37.1. The molecule has 21 nitrogen and oxygen atoms in total. The predicted molar refractivity (Wildman–Crippen MR) is 285 cm³/mol. The Morgan fingerprint density at radius 1 is 0.816 bits per heavy atom. The molecular formula is C53H93N3O18P2. The number of phosphoric ester groups is 2. The maximum atomic E-state index is 14.3. The van der Waals surface area contributed by atoms with Gasteiger partial charge in [0.25, 0.3) is 0 Å². The van der Waals surface area contributed by atoms with Gasteiger partial charge in [0.1, 0.15) is 36.6 Å². The SMILES string of the molecule is CCCCC[C@H](O)/C=C/[C@@H]1[C@H](O)[C@H](O)[C@H]2COP(=O)(O)OP(=O)(O)OC[C@H](OC(=O)CCCCCCCCCCCCCCCCC(C)CC)COC(=O)CCCCCC[C@@H](C(=O)C[C@H]1O)[C@H](n1ccc(N)nc1=O)O2. The van der Waals surface area contributed by atoms with Crippen molar-refractivity contribution >= 4 is 39.2 Å². The second-order valence-corrected chi connectivity index (χ2v) is 23.9. The summed E-state index contributed by atoms with van der Waals surface area (Å²) in [6, 6.07) is 1.23. The first-order chi connectivity index (χ1) is 36.3. The van der Waals surface area contributed by atoms with Gasteiger partial charge in [-0.15, -0.1) is 0 Å². The molecule has 3 unspecified atom stereocenters. The molecule has 0 spiro atoms. The van der Waals surface area contributed by atoms with E-state index in [9.17, 15) is 58.5 Å². The molecule has 2 fully saturated rings. The van der Waals surface area contributed by atoms with Gasteiger partial charge in [0.15, 0.2) is 6.10 Å². The Hall–Kier alpha value is -2.91. The Morgan fingerprint density at radius 3 is 2.03 bits per heavy atom. The summed E-state index contributed by atoms with van der Waals surface area (Å²) in [5.74, 6) is -4.09. The predicted octanol–water partition coefficient (Wildman–Crippen LogP) is 8.84. The van der Waals surface area contributed by atoms with Gasteiger partial charge in [-0.2, -0.15) is 9.29 Å². The molecule has 8 N–H and O–H groups in total. The van der Waals surface area contributed by atoms with Crippen molar-refractivity contribution in [2.24, 2.45) is 17.8 Å². The lowest BCUT2D eigenvalue weighted by atomic mass is 9.83. The number of ether oxygens (including phenoxy) is 3. The van der Waals surface area contributed by atoms with Gasteiger partial charge in [-0.25, -0.2) is 13.9 Å². The summed E-state index contributed by atoms with van der Waals surface area (Å²) in [6.07, 6.45) is 13.9. The van der Waals surface area contributed by atoms with Gasteiger partial charge >= 0.3 is 33.3 Å². The average molecular weight is 1120 g/mol. The van der Waals surface area contributed by atoms with Crippen molar-refractivity contribution in [1.82, 2.24) is 9.55 Å². The summed E-state index contributed by atoms with van der Waals surface area (Å²) in [5.41, 5.74) is 4.76. The zero-order valence-electron chi connectivity index (χ0n) is 45.5. The molecule has 0 amide bonds. The van der Waals surface area contributed by atoms with Crippen LogP contribution in [0.5, 0.6) is 0 Å². The first-order valence-corrected chi connectivity index (χ1v) is 31.2. The van der Waals surface area contributed by atoms with Crippen molar-refractivity contribution in [3.63, 3.8) is 0 Å². The number of carbonyl (C=O) groups is 3. The number of aliphatic hydroxyl groups excluding tert-OH is 4. The first-order valence-electron chi connectivity index (χ1n) is 28.2. The smallest absolute Gasteiger partial charge is 0.462 e. The van der Waals surface area contributed by atoms with Crippen molar-refractivity contribution < 1.29 is 81.3 Å². The minimum Gasteiger partial charge on any atom is -0.462 e.